The predicted molar refractivity (Wildman–Crippen MR) is 208 cm³/mol. The van der Waals surface area contributed by atoms with E-state index in [2.05, 4.69) is 6.58 Å². The molecule has 5 saturated heterocycles. The summed E-state index contributed by atoms with van der Waals surface area (Å²) < 4.78 is 47.9. The lowest BCUT2D eigenvalue weighted by Gasteiger charge is -2.26. The number of methoxy groups -OCH3 is 2. The first-order chi connectivity index (χ1) is 25.8. The van der Waals surface area contributed by atoms with E-state index in [9.17, 15) is 33.6 Å². The Morgan fingerprint density at radius 1 is 0.638 bits per heavy atom. The Morgan fingerprint density at radius 2 is 1.14 bits per heavy atom. The van der Waals surface area contributed by atoms with Crippen molar-refractivity contribution in [2.75, 3.05) is 27.4 Å². The molecule has 16 unspecified atom stereocenters. The van der Waals surface area contributed by atoms with Gasteiger partial charge in [-0.15, -0.1) is 0 Å². The highest BCUT2D eigenvalue weighted by Crippen LogP contribution is 2.50. The van der Waals surface area contributed by atoms with E-state index in [4.69, 9.17) is 42.6 Å². The Bertz CT molecular complexity index is 1340. The highest BCUT2D eigenvalue weighted by Gasteiger charge is 2.60. The number of esters is 5. The zero-order valence-corrected chi connectivity index (χ0v) is 31.6. The van der Waals surface area contributed by atoms with Gasteiger partial charge in [-0.05, 0) is 44.9 Å². The molecule has 0 radical (unpaired) electrons. The lowest BCUT2D eigenvalue weighted by atomic mass is 9.81. The van der Waals surface area contributed by atoms with Gasteiger partial charge in [0.1, 0.15) is 5.76 Å². The van der Waals surface area contributed by atoms with Gasteiger partial charge in [-0.2, -0.15) is 0 Å². The van der Waals surface area contributed by atoms with E-state index in [-0.39, 0.29) is 96.7 Å². The zero-order valence-electron chi connectivity index (χ0n) is 31.6. The van der Waals surface area contributed by atoms with Crippen LogP contribution in [0, 0.1) is 59.2 Å². The van der Waals surface area contributed by atoms with Crippen molar-refractivity contribution in [3.8, 4) is 0 Å². The van der Waals surface area contributed by atoms with E-state index in [1.807, 2.05) is 20.8 Å². The van der Waals surface area contributed by atoms with E-state index in [1.165, 1.54) is 14.2 Å². The van der Waals surface area contributed by atoms with Crippen molar-refractivity contribution in [3.63, 3.8) is 0 Å². The van der Waals surface area contributed by atoms with Crippen LogP contribution in [0.1, 0.15) is 89.5 Å². The zero-order chi connectivity index (χ0) is 39.4. The van der Waals surface area contributed by atoms with Gasteiger partial charge < -0.3 is 42.6 Å². The summed E-state index contributed by atoms with van der Waals surface area (Å²) in [4.78, 5) is 82.5. The van der Waals surface area contributed by atoms with Crippen LogP contribution in [0.3, 0.4) is 0 Å². The van der Waals surface area contributed by atoms with Crippen LogP contribution in [0.2, 0.25) is 0 Å². The predicted octanol–water partition coefficient (Wildman–Crippen LogP) is 4.87. The van der Waals surface area contributed by atoms with Gasteiger partial charge in [-0.3, -0.25) is 33.6 Å². The Balaban J connectivity index is 0.000000543. The molecule has 1 saturated carbocycles. The van der Waals surface area contributed by atoms with Crippen molar-refractivity contribution in [2.45, 2.75) is 126 Å². The van der Waals surface area contributed by atoms with Crippen LogP contribution in [-0.2, 0) is 76.2 Å². The molecular formula is C42H68O16. The third-order valence-corrected chi connectivity index (χ3v) is 12.4. The quantitative estimate of drug-likeness (QED) is 0.0992. The van der Waals surface area contributed by atoms with Crippen molar-refractivity contribution >= 4 is 42.8 Å². The first kappa shape index (κ1) is 52.1. The second-order valence-corrected chi connectivity index (χ2v) is 15.0. The highest BCUT2D eigenvalue weighted by atomic mass is 16.6. The van der Waals surface area contributed by atoms with Gasteiger partial charge in [0.05, 0.1) is 99.6 Å². The molecule has 0 N–H and O–H groups in total. The van der Waals surface area contributed by atoms with E-state index >= 15 is 0 Å². The van der Waals surface area contributed by atoms with Crippen LogP contribution < -0.4 is 0 Å². The Labute approximate surface area is 343 Å². The molecule has 0 amide bonds. The summed E-state index contributed by atoms with van der Waals surface area (Å²) in [6, 6.07) is 0. The van der Waals surface area contributed by atoms with E-state index in [0.717, 1.165) is 12.8 Å². The first-order valence-electron chi connectivity index (χ1n) is 18.7. The first-order valence-corrected chi connectivity index (χ1v) is 18.7. The van der Waals surface area contributed by atoms with E-state index < -0.39 is 71.9 Å². The second-order valence-electron chi connectivity index (χ2n) is 15.0. The van der Waals surface area contributed by atoms with Gasteiger partial charge in [-0.1, -0.05) is 56.6 Å². The lowest BCUT2D eigenvalue weighted by molar-refractivity contribution is -0.158. The van der Waals surface area contributed by atoms with Crippen LogP contribution >= 0.6 is 0 Å². The fourth-order valence-electron chi connectivity index (χ4n) is 10.1. The van der Waals surface area contributed by atoms with Crippen LogP contribution in [-0.4, -0.2) is 107 Å². The topological polar surface area (TPSA) is 203 Å². The van der Waals surface area contributed by atoms with Gasteiger partial charge in [0.25, 0.3) is 12.9 Å². The molecule has 0 aromatic heterocycles. The second kappa shape index (κ2) is 22.5. The average Bonchev–Trinajstić information content (AvgIpc) is 3.97. The molecular weight excluding hydrogens is 760 g/mol. The summed E-state index contributed by atoms with van der Waals surface area (Å²) in [5.41, 5.74) is 0. The summed E-state index contributed by atoms with van der Waals surface area (Å²) in [7, 11) is 2.66. The van der Waals surface area contributed by atoms with Gasteiger partial charge >= 0.3 is 29.8 Å². The molecule has 16 nitrogen and oxygen atoms in total. The SMILES string of the molecule is C.C.C.C.C=C1OC(=O)C2C(CC3OC(CC)C(COC=O)C3C(=O)OC)OC(C)C12.CCC1CC(CC2OC(C)C3C(=O)OC(=O)C23)C(C(=O)OC)C1COC=O. The number of hydrogen-bond donors (Lipinski definition) is 0. The minimum Gasteiger partial charge on any atom is -0.469 e. The van der Waals surface area contributed by atoms with E-state index in [0.29, 0.717) is 38.0 Å². The van der Waals surface area contributed by atoms with Gasteiger partial charge in [-0.25, -0.2) is 0 Å². The normalized spacial score (nSPS) is 37.8. The summed E-state index contributed by atoms with van der Waals surface area (Å²) in [6.45, 7) is 12.4. The number of rotatable bonds is 14. The number of hydrogen-bond acceptors (Lipinski definition) is 16. The number of fused-ring (bicyclic) bond motifs is 2. The number of ether oxygens (including phenoxy) is 9. The van der Waals surface area contributed by atoms with E-state index in [1.54, 1.807) is 6.92 Å². The maximum absolute atomic E-state index is 12.5. The number of carbonyl (C=O) groups excluding carboxylic acids is 7. The van der Waals surface area contributed by atoms with Crippen molar-refractivity contribution in [3.05, 3.63) is 12.3 Å². The lowest BCUT2D eigenvalue weighted by Crippen LogP contribution is -2.36. The molecule has 5 aliphatic heterocycles. The molecule has 0 aromatic carbocycles. The third-order valence-electron chi connectivity index (χ3n) is 12.4. The maximum Gasteiger partial charge on any atom is 0.320 e. The fourth-order valence-corrected chi connectivity index (χ4v) is 10.1. The Morgan fingerprint density at radius 3 is 1.69 bits per heavy atom. The maximum atomic E-state index is 12.5. The number of carbonyl (C=O) groups is 7. The molecule has 6 rings (SSSR count). The van der Waals surface area contributed by atoms with Crippen LogP contribution in [0.5, 0.6) is 0 Å². The monoisotopic (exact) mass is 828 g/mol. The molecule has 0 spiro atoms. The van der Waals surface area contributed by atoms with Crippen molar-refractivity contribution in [1.29, 1.82) is 0 Å². The Hall–Kier alpha value is -3.89. The molecule has 5 heterocycles. The highest BCUT2D eigenvalue weighted by molar-refractivity contribution is 5.97. The molecule has 16 atom stereocenters. The van der Waals surface area contributed by atoms with Crippen molar-refractivity contribution < 1.29 is 76.2 Å². The molecule has 6 fully saturated rings. The van der Waals surface area contributed by atoms with Gasteiger partial charge in [0.2, 0.25) is 0 Å². The molecule has 16 heteroatoms. The fraction of sp³-hybridized carbons (Fsp3) is 0.786. The summed E-state index contributed by atoms with van der Waals surface area (Å²) in [5, 5.41) is 0. The molecule has 6 aliphatic rings. The average molecular weight is 829 g/mol. The van der Waals surface area contributed by atoms with Crippen molar-refractivity contribution in [1.82, 2.24) is 0 Å². The minimum absolute atomic E-state index is 0. The summed E-state index contributed by atoms with van der Waals surface area (Å²) in [5.74, 6) is -4.93. The molecule has 1 aliphatic carbocycles. The summed E-state index contributed by atoms with van der Waals surface area (Å²) in [6.07, 6.45) is 0.804. The smallest absolute Gasteiger partial charge is 0.320 e. The Kier molecular flexibility index (Phi) is 20.2. The standard InChI is InChI=1S/2C19H26O8.4CH4/c1-5-12-11(7-24-8-20)16(18(21)23-4)13(27-12)6-14-17-15(9(2)25-14)10(3)26-19(17)22;1-4-10-5-11(15(17(21)24-3)12(10)7-25-8-20)6-13-16-14(9(2)26-13)18(22)27-19(16)23;;;;/h8-9,11-17H,3,5-7H2,1-2,4H3;8-16H,4-7H2,1-3H3;4*1H4. The molecule has 0 bridgehead atoms. The third kappa shape index (κ3) is 10.1. The molecule has 0 aromatic rings. The molecule has 332 valence electrons. The van der Waals surface area contributed by atoms with Crippen LogP contribution in [0.25, 0.3) is 0 Å². The largest absolute Gasteiger partial charge is 0.469 e. The number of cyclic esters (lactones) is 3. The molecule has 58 heavy (non-hydrogen) atoms. The van der Waals surface area contributed by atoms with Crippen molar-refractivity contribution in [2.24, 2.45) is 59.2 Å². The minimum atomic E-state index is -0.615. The van der Waals surface area contributed by atoms with Gasteiger partial charge in [0.15, 0.2) is 0 Å². The van der Waals surface area contributed by atoms with Crippen LogP contribution in [0.15, 0.2) is 12.3 Å². The van der Waals surface area contributed by atoms with Crippen LogP contribution in [0.4, 0.5) is 0 Å². The summed E-state index contributed by atoms with van der Waals surface area (Å²) >= 11 is 0. The van der Waals surface area contributed by atoms with Gasteiger partial charge in [0, 0.05) is 18.3 Å².